The second-order valence-corrected chi connectivity index (χ2v) is 5.27. The van der Waals surface area contributed by atoms with Gasteiger partial charge in [0.05, 0.1) is 25.9 Å². The van der Waals surface area contributed by atoms with Crippen LogP contribution < -0.4 is 14.8 Å². The third kappa shape index (κ3) is 3.27. The number of ether oxygens (including phenoxy) is 2. The fourth-order valence-electron chi connectivity index (χ4n) is 2.70. The number of amides is 1. The van der Waals surface area contributed by atoms with Crippen molar-refractivity contribution in [3.63, 3.8) is 0 Å². The van der Waals surface area contributed by atoms with E-state index in [2.05, 4.69) is 11.4 Å². The van der Waals surface area contributed by atoms with E-state index in [0.29, 0.717) is 29.9 Å². The molecular formula is C16H20N2O3. The van der Waals surface area contributed by atoms with Gasteiger partial charge in [-0.3, -0.25) is 4.79 Å². The number of nitriles is 1. The highest BCUT2D eigenvalue weighted by atomic mass is 16.5. The van der Waals surface area contributed by atoms with Crippen molar-refractivity contribution < 1.29 is 14.3 Å². The maximum atomic E-state index is 12.5. The zero-order valence-electron chi connectivity index (χ0n) is 12.4. The van der Waals surface area contributed by atoms with Crippen molar-refractivity contribution >= 4 is 5.91 Å². The van der Waals surface area contributed by atoms with Gasteiger partial charge in [-0.15, -0.1) is 0 Å². The Kier molecular flexibility index (Phi) is 4.69. The predicted molar refractivity (Wildman–Crippen MR) is 78.4 cm³/mol. The van der Waals surface area contributed by atoms with E-state index in [1.54, 1.807) is 25.3 Å². The lowest BCUT2D eigenvalue weighted by atomic mass is 9.82. The van der Waals surface area contributed by atoms with E-state index in [4.69, 9.17) is 9.47 Å². The van der Waals surface area contributed by atoms with Crippen LogP contribution in [0.1, 0.15) is 42.5 Å². The van der Waals surface area contributed by atoms with Crippen LogP contribution in [0.25, 0.3) is 0 Å². The molecular weight excluding hydrogens is 268 g/mol. The number of carbonyl (C=O) groups excluding carboxylic acids is 1. The second-order valence-electron chi connectivity index (χ2n) is 5.27. The summed E-state index contributed by atoms with van der Waals surface area (Å²) < 4.78 is 10.4. The van der Waals surface area contributed by atoms with Crippen molar-refractivity contribution in [1.82, 2.24) is 5.32 Å². The minimum absolute atomic E-state index is 0.297. The van der Waals surface area contributed by atoms with Crippen LogP contribution in [-0.4, -0.2) is 25.7 Å². The van der Waals surface area contributed by atoms with Crippen molar-refractivity contribution in [3.05, 3.63) is 23.8 Å². The van der Waals surface area contributed by atoms with Gasteiger partial charge >= 0.3 is 0 Å². The van der Waals surface area contributed by atoms with E-state index >= 15 is 0 Å². The molecule has 1 amide bonds. The molecule has 1 saturated carbocycles. The van der Waals surface area contributed by atoms with Gasteiger partial charge in [-0.1, -0.05) is 19.3 Å². The molecule has 1 aliphatic rings. The summed E-state index contributed by atoms with van der Waals surface area (Å²) in [7, 11) is 3.06. The normalized spacial score (nSPS) is 16.6. The van der Waals surface area contributed by atoms with E-state index in [-0.39, 0.29) is 5.91 Å². The average molecular weight is 288 g/mol. The summed E-state index contributed by atoms with van der Waals surface area (Å²) in [6, 6.07) is 7.33. The molecule has 1 aromatic rings. The Balaban J connectivity index is 2.25. The second kappa shape index (κ2) is 6.49. The first kappa shape index (κ1) is 15.2. The molecule has 0 radical (unpaired) electrons. The number of hydrogen-bond acceptors (Lipinski definition) is 4. The van der Waals surface area contributed by atoms with Crippen molar-refractivity contribution in [1.29, 1.82) is 5.26 Å². The first-order chi connectivity index (χ1) is 10.1. The van der Waals surface area contributed by atoms with Crippen LogP contribution >= 0.6 is 0 Å². The van der Waals surface area contributed by atoms with Crippen molar-refractivity contribution in [2.45, 2.75) is 37.6 Å². The van der Waals surface area contributed by atoms with Crippen molar-refractivity contribution in [2.75, 3.05) is 14.2 Å². The van der Waals surface area contributed by atoms with Crippen molar-refractivity contribution in [2.24, 2.45) is 0 Å². The third-order valence-corrected chi connectivity index (χ3v) is 3.93. The lowest BCUT2D eigenvalue weighted by Crippen LogP contribution is -2.48. The lowest BCUT2D eigenvalue weighted by molar-refractivity contribution is 0.0899. The van der Waals surface area contributed by atoms with E-state index in [0.717, 1.165) is 19.3 Å². The minimum atomic E-state index is -0.760. The van der Waals surface area contributed by atoms with Gasteiger partial charge in [0, 0.05) is 0 Å². The summed E-state index contributed by atoms with van der Waals surface area (Å²) in [5, 5.41) is 12.3. The topological polar surface area (TPSA) is 71.3 Å². The van der Waals surface area contributed by atoms with E-state index < -0.39 is 5.54 Å². The standard InChI is InChI=1S/C16H20N2O3/c1-20-12-6-7-14(21-2)13(10-12)15(19)18-16(11-17)8-4-3-5-9-16/h6-7,10H,3-5,8-9H2,1-2H3,(H,18,19). The van der Waals surface area contributed by atoms with Crippen LogP contribution in [0.2, 0.25) is 0 Å². The Labute approximate surface area is 124 Å². The zero-order valence-corrected chi connectivity index (χ0v) is 12.4. The van der Waals surface area contributed by atoms with Gasteiger partial charge < -0.3 is 14.8 Å². The first-order valence-corrected chi connectivity index (χ1v) is 7.10. The number of rotatable bonds is 4. The van der Waals surface area contributed by atoms with Crippen LogP contribution in [0.15, 0.2) is 18.2 Å². The molecule has 0 aliphatic heterocycles. The smallest absolute Gasteiger partial charge is 0.256 e. The molecule has 5 heteroatoms. The molecule has 1 fully saturated rings. The Bertz CT molecular complexity index is 557. The van der Waals surface area contributed by atoms with Gasteiger partial charge in [0.25, 0.3) is 5.91 Å². The van der Waals surface area contributed by atoms with Gasteiger partial charge in [0.2, 0.25) is 0 Å². The summed E-state index contributed by atoms with van der Waals surface area (Å²) in [6.07, 6.45) is 4.43. The first-order valence-electron chi connectivity index (χ1n) is 7.10. The molecule has 0 heterocycles. The summed E-state index contributed by atoms with van der Waals surface area (Å²) >= 11 is 0. The number of carbonyl (C=O) groups is 1. The summed E-state index contributed by atoms with van der Waals surface area (Å²) in [4.78, 5) is 12.5. The third-order valence-electron chi connectivity index (χ3n) is 3.93. The monoisotopic (exact) mass is 288 g/mol. The summed E-state index contributed by atoms with van der Waals surface area (Å²) in [5.74, 6) is 0.752. The Morgan fingerprint density at radius 2 is 1.95 bits per heavy atom. The molecule has 112 valence electrons. The minimum Gasteiger partial charge on any atom is -0.497 e. The van der Waals surface area contributed by atoms with Gasteiger partial charge in [-0.25, -0.2) is 0 Å². The Morgan fingerprint density at radius 3 is 2.52 bits per heavy atom. The number of methoxy groups -OCH3 is 2. The number of nitrogens with zero attached hydrogens (tertiary/aromatic N) is 1. The van der Waals surface area contributed by atoms with Crippen molar-refractivity contribution in [3.8, 4) is 17.6 Å². The zero-order chi connectivity index (χ0) is 15.3. The van der Waals surface area contributed by atoms with E-state index in [9.17, 15) is 10.1 Å². The Hall–Kier alpha value is -2.22. The van der Waals surface area contributed by atoms with E-state index in [1.807, 2.05) is 0 Å². The summed E-state index contributed by atoms with van der Waals surface area (Å²) in [6.45, 7) is 0. The quantitative estimate of drug-likeness (QED) is 0.924. The van der Waals surface area contributed by atoms with Gasteiger partial charge in [0.1, 0.15) is 17.0 Å². The molecule has 21 heavy (non-hydrogen) atoms. The van der Waals surface area contributed by atoms with Gasteiger partial charge in [0.15, 0.2) is 0 Å². The average Bonchev–Trinajstić information content (AvgIpc) is 2.55. The number of benzene rings is 1. The fraction of sp³-hybridized carbons (Fsp3) is 0.500. The molecule has 0 saturated heterocycles. The van der Waals surface area contributed by atoms with Crippen LogP contribution in [0.5, 0.6) is 11.5 Å². The van der Waals surface area contributed by atoms with Crippen LogP contribution in [0.3, 0.4) is 0 Å². The largest absolute Gasteiger partial charge is 0.497 e. The SMILES string of the molecule is COc1ccc(OC)c(C(=O)NC2(C#N)CCCCC2)c1. The molecule has 5 nitrogen and oxygen atoms in total. The van der Waals surface area contributed by atoms with Gasteiger partial charge in [-0.05, 0) is 31.0 Å². The molecule has 1 aromatic carbocycles. The van der Waals surface area contributed by atoms with E-state index in [1.165, 1.54) is 7.11 Å². The Morgan fingerprint density at radius 1 is 1.24 bits per heavy atom. The molecule has 0 atom stereocenters. The molecule has 0 unspecified atom stereocenters. The number of nitrogens with one attached hydrogen (secondary N) is 1. The van der Waals surface area contributed by atoms with Crippen LogP contribution in [0, 0.1) is 11.3 Å². The van der Waals surface area contributed by atoms with Gasteiger partial charge in [-0.2, -0.15) is 5.26 Å². The molecule has 0 bridgehead atoms. The highest BCUT2D eigenvalue weighted by molar-refractivity contribution is 5.98. The molecule has 0 aromatic heterocycles. The van der Waals surface area contributed by atoms with Crippen LogP contribution in [-0.2, 0) is 0 Å². The fourth-order valence-corrected chi connectivity index (χ4v) is 2.70. The molecule has 0 spiro atoms. The number of hydrogen-bond donors (Lipinski definition) is 1. The highest BCUT2D eigenvalue weighted by Crippen LogP contribution is 2.29. The maximum absolute atomic E-state index is 12.5. The molecule has 1 aliphatic carbocycles. The van der Waals surface area contributed by atoms with Crippen LogP contribution in [0.4, 0.5) is 0 Å². The lowest BCUT2D eigenvalue weighted by Gasteiger charge is -2.31. The predicted octanol–water partition coefficient (Wildman–Crippen LogP) is 2.66. The summed E-state index contributed by atoms with van der Waals surface area (Å²) in [5.41, 5.74) is -0.374. The molecule has 1 N–H and O–H groups in total. The molecule has 2 rings (SSSR count). The maximum Gasteiger partial charge on any atom is 0.256 e. The highest BCUT2D eigenvalue weighted by Gasteiger charge is 2.34.